The number of aromatic carboxylic acids is 1. The fourth-order valence-electron chi connectivity index (χ4n) is 10.2. The van der Waals surface area contributed by atoms with Gasteiger partial charge in [0.15, 0.2) is 11.6 Å². The number of carbonyl (C=O) groups excluding carboxylic acids is 3. The molecule has 0 spiro atoms. The summed E-state index contributed by atoms with van der Waals surface area (Å²) in [4.78, 5) is 94.0. The van der Waals surface area contributed by atoms with Gasteiger partial charge in [-0.1, -0.05) is 63.4 Å². The third-order valence-corrected chi connectivity index (χ3v) is 16.4. The zero-order chi connectivity index (χ0) is 74.5. The predicted octanol–water partition coefficient (Wildman–Crippen LogP) is 7.57. The molecule has 16 aromatic rings. The Morgan fingerprint density at radius 1 is 0.532 bits per heavy atom. The van der Waals surface area contributed by atoms with E-state index in [0.29, 0.717) is 66.6 Å². The molecule has 0 atom stereocenters. The fraction of sp³-hybridized carbons (Fsp3) is 0.139. The maximum Gasteiger partial charge on any atom is 1.00 e. The van der Waals surface area contributed by atoms with Gasteiger partial charge in [-0.15, -0.1) is 0 Å². The number of nitrogens with zero attached hydrogens (tertiary/aromatic N) is 19. The number of aromatic amines is 1. The summed E-state index contributed by atoms with van der Waals surface area (Å²) in [5.74, 6) is -3.07. The van der Waals surface area contributed by atoms with Crippen molar-refractivity contribution in [3.05, 3.63) is 287 Å². The smallest absolute Gasteiger partial charge is 0.870 e. The summed E-state index contributed by atoms with van der Waals surface area (Å²) in [5, 5.41) is 25.0. The van der Waals surface area contributed by atoms with Crippen LogP contribution in [0.2, 0.25) is 10.0 Å². The number of carbonyl (C=O) groups is 4. The van der Waals surface area contributed by atoms with Crippen LogP contribution in [0.25, 0.3) is 55.2 Å². The first kappa shape index (κ1) is 82.4. The first-order valence-electron chi connectivity index (χ1n) is 32.1. The van der Waals surface area contributed by atoms with Crippen LogP contribution >= 0.6 is 39.1 Å². The molecular weight excluding hydrogens is 1510 g/mol. The molecule has 0 aliphatic rings. The Bertz CT molecular complexity index is 5740. The minimum Gasteiger partial charge on any atom is -0.870 e. The van der Waals surface area contributed by atoms with Crippen molar-refractivity contribution in [2.75, 3.05) is 13.2 Å². The minimum atomic E-state index is -0.976. The van der Waals surface area contributed by atoms with Gasteiger partial charge in [-0.25, -0.2) is 38.1 Å². The number of H-pyrrole nitrogens is 1. The molecule has 109 heavy (non-hydrogen) atoms. The van der Waals surface area contributed by atoms with Crippen LogP contribution in [0.1, 0.15) is 89.1 Å². The number of rotatable bonds is 16. The van der Waals surface area contributed by atoms with Crippen molar-refractivity contribution in [2.45, 2.75) is 51.9 Å². The van der Waals surface area contributed by atoms with Gasteiger partial charge < -0.3 is 50.4 Å². The van der Waals surface area contributed by atoms with E-state index in [4.69, 9.17) is 38.8 Å². The molecular formula is C72H64BrCl2F2LiN22O9. The molecule has 0 unspecified atom stereocenters. The molecule has 552 valence electrons. The van der Waals surface area contributed by atoms with Crippen molar-refractivity contribution < 1.29 is 72.4 Å². The molecule has 0 saturated heterocycles. The number of ether oxygens (including phenoxy) is 2. The molecule has 12 heterocycles. The van der Waals surface area contributed by atoms with Crippen LogP contribution < -0.4 is 29.9 Å². The molecule has 0 fully saturated rings. The second-order valence-electron chi connectivity index (χ2n) is 22.4. The number of nitrogens with two attached hydrogens (primary N) is 1. The quantitative estimate of drug-likeness (QED) is 0.0411. The third kappa shape index (κ3) is 21.7. The van der Waals surface area contributed by atoms with E-state index in [2.05, 4.69) is 101 Å². The van der Waals surface area contributed by atoms with E-state index < -0.39 is 17.6 Å². The molecule has 31 nitrogen and oxygen atoms in total. The summed E-state index contributed by atoms with van der Waals surface area (Å²) in [6, 6.07) is 26.4. The molecule has 0 aliphatic carbocycles. The van der Waals surface area contributed by atoms with Gasteiger partial charge >= 0.3 is 36.8 Å². The summed E-state index contributed by atoms with van der Waals surface area (Å²) >= 11 is 14.9. The number of aromatic nitrogens is 20. The topological polar surface area (TPSA) is 426 Å². The fourth-order valence-corrected chi connectivity index (χ4v) is 10.8. The van der Waals surface area contributed by atoms with Gasteiger partial charge in [0.2, 0.25) is 0 Å². The number of imidazole rings is 3. The second kappa shape index (κ2) is 39.9. The molecule has 0 bridgehead atoms. The van der Waals surface area contributed by atoms with E-state index in [1.165, 1.54) is 72.1 Å². The molecule has 0 saturated carbocycles. The normalized spacial score (nSPS) is 10.5. The molecule has 1 amide bonds. The average molecular weight is 1580 g/mol. The Balaban J connectivity index is 0.000000171. The zero-order valence-corrected chi connectivity index (χ0v) is 61.2. The second-order valence-corrected chi connectivity index (χ2v) is 23.8. The number of esters is 2. The number of hydrogen-bond acceptors (Lipinski definition) is 22. The number of pyridine rings is 2. The Kier molecular flexibility index (Phi) is 30.2. The number of nitrogens with one attached hydrogen (secondary N) is 2. The molecule has 37 heteroatoms. The summed E-state index contributed by atoms with van der Waals surface area (Å²) in [5.41, 5.74) is 19.4. The van der Waals surface area contributed by atoms with E-state index in [0.717, 1.165) is 66.2 Å². The summed E-state index contributed by atoms with van der Waals surface area (Å²) in [7, 11) is 0. The third-order valence-electron chi connectivity index (χ3n) is 15.2. The maximum absolute atomic E-state index is 14.3. The van der Waals surface area contributed by atoms with Gasteiger partial charge in [0.25, 0.3) is 5.91 Å². The van der Waals surface area contributed by atoms with Gasteiger partial charge in [-0.05, 0) is 96.8 Å². The van der Waals surface area contributed by atoms with Gasteiger partial charge in [0.05, 0.1) is 165 Å². The van der Waals surface area contributed by atoms with E-state index in [1.54, 1.807) is 107 Å². The van der Waals surface area contributed by atoms with Crippen molar-refractivity contribution in [3.8, 4) is 0 Å². The van der Waals surface area contributed by atoms with Crippen LogP contribution in [-0.2, 0) is 47.5 Å². The van der Waals surface area contributed by atoms with Crippen LogP contribution in [0.5, 0.6) is 0 Å². The van der Waals surface area contributed by atoms with Crippen LogP contribution in [0.4, 0.5) is 8.78 Å². The number of hydrogen-bond donors (Lipinski definition) is 4. The van der Waals surface area contributed by atoms with Crippen molar-refractivity contribution in [3.63, 3.8) is 0 Å². The van der Waals surface area contributed by atoms with Crippen molar-refractivity contribution >= 4 is 118 Å². The van der Waals surface area contributed by atoms with Crippen LogP contribution in [0, 0.1) is 11.6 Å². The van der Waals surface area contributed by atoms with E-state index in [9.17, 15) is 28.0 Å². The van der Waals surface area contributed by atoms with Crippen LogP contribution in [-0.4, -0.2) is 151 Å². The Morgan fingerprint density at radius 2 is 0.917 bits per heavy atom. The summed E-state index contributed by atoms with van der Waals surface area (Å²) in [6.45, 7) is 6.08. The first-order chi connectivity index (χ1) is 51.5. The Hall–Kier alpha value is -12.3. The Labute approximate surface area is 647 Å². The molecule has 12 aromatic heterocycles. The first-order valence-corrected chi connectivity index (χ1v) is 34.0. The minimum absolute atomic E-state index is 0. The summed E-state index contributed by atoms with van der Waals surface area (Å²) in [6.07, 6.45) is 31.6. The van der Waals surface area contributed by atoms with Crippen molar-refractivity contribution in [2.24, 2.45) is 5.73 Å². The molecule has 0 radical (unpaired) electrons. The Morgan fingerprint density at radius 3 is 1.33 bits per heavy atom. The number of benzene rings is 4. The standard InChI is InChI=1S/C21H15ClFN7O.C15H14N4O2.C13H10N4O2.C9H7BrN2.C8H7ClFN3.C6H8N2O2.Li.2H2O/c22-15-3-6-29-12-27-18(20(29)19(15)23)9-26-21(31)14-8-28-30(11-14)10-13-1-2-16-17(7-13)25-5-4-24-16;1-2-21-15(20)12-8-18-19(10-12)9-11-3-4-13-14(7-11)17-6-5-16-13;18-13(19)10-6-16-17(8-10)7-9-1-2-11-12(5-9)15-4-3-14-11;10-6-7-1-2-8-9(5-7)12-4-3-11-8;9-5-1-2-13-4-12-6(3-11)8(13)7(5)10;1-2-10-6(9)5-3-7-4-8-5;;;/h1-8,11-12H,9-10H2,(H,26,31);3-8,10H,2,9H2,1H3;1-6,8H,7H2,(H,18,19);1-5H,6H2;1-2,4H,3,11H2;3-4H,2H2,1H3,(H,7,8);;2*1H2/q;;;;;;+1;;/p-1. The molecule has 4 aromatic carbocycles. The van der Waals surface area contributed by atoms with Crippen LogP contribution in [0.15, 0.2) is 209 Å². The van der Waals surface area contributed by atoms with Crippen molar-refractivity contribution in [1.29, 1.82) is 0 Å². The molecule has 8 N–H and O–H groups in total. The van der Waals surface area contributed by atoms with Gasteiger partial charge in [-0.2, -0.15) is 15.3 Å². The SMILES string of the molecule is BrCc1ccc2nccnc2c1.CCOC(=O)c1cnc[nH]1.CCOC(=O)c1cnn(Cc2ccc3nccnc3c2)c1.NCc1ncn2ccc(Cl)c(F)c12.O.O=C(NCc1ncn2ccc(Cl)c(F)c12)c1cnn(Cc2ccc3nccnc3c2)c1.O=C(O)c1cnn(Cc2ccc3nccnc3c2)c1.[Li+].[OH-]. The van der Waals surface area contributed by atoms with E-state index in [-0.39, 0.29) is 81.9 Å². The number of carboxylic acid groups (broad SMARTS) is 1. The molecule has 16 rings (SSSR count). The van der Waals surface area contributed by atoms with Gasteiger partial charge in [0.1, 0.15) is 16.7 Å². The number of alkyl halides is 1. The van der Waals surface area contributed by atoms with Crippen molar-refractivity contribution in [1.82, 2.24) is 103 Å². The van der Waals surface area contributed by atoms with Crippen LogP contribution in [0.3, 0.4) is 0 Å². The maximum atomic E-state index is 14.3. The number of halogens is 5. The zero-order valence-electron chi connectivity index (χ0n) is 58.1. The largest absolute Gasteiger partial charge is 1.00 e. The number of amides is 1. The monoisotopic (exact) mass is 1570 g/mol. The van der Waals surface area contributed by atoms with E-state index >= 15 is 0 Å². The number of carboxylic acids is 1. The predicted molar refractivity (Wildman–Crippen MR) is 397 cm³/mol. The van der Waals surface area contributed by atoms with E-state index in [1.807, 2.05) is 72.8 Å². The average Bonchev–Trinajstić information content (AvgIpc) is 1.68. The summed E-state index contributed by atoms with van der Waals surface area (Å²) < 4.78 is 45.4. The van der Waals surface area contributed by atoms with Gasteiger partial charge in [-0.3, -0.25) is 58.7 Å². The van der Waals surface area contributed by atoms with Gasteiger partial charge in [0, 0.05) is 92.4 Å². The molecule has 0 aliphatic heterocycles. The number of fused-ring (bicyclic) bond motifs is 6.